The Labute approximate surface area is 143 Å². The van der Waals surface area contributed by atoms with Crippen molar-refractivity contribution in [3.05, 3.63) is 35.7 Å². The molecule has 6 heteroatoms. The number of hydrogen-bond acceptors (Lipinski definition) is 4. The molecule has 130 valence electrons. The molecule has 2 aliphatic rings. The van der Waals surface area contributed by atoms with Gasteiger partial charge in [-0.25, -0.2) is 4.98 Å². The fraction of sp³-hybridized carbons (Fsp3) is 0.667. The van der Waals surface area contributed by atoms with Crippen LogP contribution in [-0.2, 0) is 24.8 Å². The summed E-state index contributed by atoms with van der Waals surface area (Å²) >= 11 is 0. The summed E-state index contributed by atoms with van der Waals surface area (Å²) in [6.45, 7) is 5.04. The normalized spacial score (nSPS) is 24.9. The molecule has 4 rings (SSSR count). The number of nitrogens with zero attached hydrogens (tertiary/aromatic N) is 4. The van der Waals surface area contributed by atoms with Gasteiger partial charge >= 0.3 is 0 Å². The lowest BCUT2D eigenvalue weighted by Crippen LogP contribution is -2.34. The van der Waals surface area contributed by atoms with Gasteiger partial charge in [-0.05, 0) is 38.7 Å². The number of nitrogens with one attached hydrogen (secondary N) is 1. The summed E-state index contributed by atoms with van der Waals surface area (Å²) < 4.78 is 10.3. The minimum atomic E-state index is 0.0884. The molecule has 0 aliphatic carbocycles. The minimum Gasteiger partial charge on any atom is -0.370 e. The zero-order valence-corrected chi connectivity index (χ0v) is 14.6. The lowest BCUT2D eigenvalue weighted by Gasteiger charge is -2.32. The first-order valence-electron chi connectivity index (χ1n) is 9.11. The molecule has 2 aromatic heterocycles. The Morgan fingerprint density at radius 1 is 1.42 bits per heavy atom. The van der Waals surface area contributed by atoms with Crippen LogP contribution in [0.15, 0.2) is 18.5 Å². The first-order chi connectivity index (χ1) is 11.7. The molecule has 2 aliphatic heterocycles. The lowest BCUT2D eigenvalue weighted by atomic mass is 9.93. The molecule has 0 radical (unpaired) electrons. The van der Waals surface area contributed by atoms with Crippen molar-refractivity contribution in [2.24, 2.45) is 13.0 Å². The summed E-state index contributed by atoms with van der Waals surface area (Å²) in [6, 6.07) is 2.53. The Morgan fingerprint density at radius 3 is 3.12 bits per heavy atom. The molecular weight excluding hydrogens is 302 g/mol. The first-order valence-corrected chi connectivity index (χ1v) is 9.11. The summed E-state index contributed by atoms with van der Waals surface area (Å²) in [5.41, 5.74) is 2.54. The molecule has 3 atom stereocenters. The molecule has 0 bridgehead atoms. The van der Waals surface area contributed by atoms with E-state index in [2.05, 4.69) is 32.5 Å². The van der Waals surface area contributed by atoms with Crippen molar-refractivity contribution in [2.45, 2.75) is 51.3 Å². The summed E-state index contributed by atoms with van der Waals surface area (Å²) in [4.78, 5) is 4.50. The topological polar surface area (TPSA) is 56.9 Å². The highest BCUT2D eigenvalue weighted by Crippen LogP contribution is 2.32. The van der Waals surface area contributed by atoms with Crippen LogP contribution >= 0.6 is 0 Å². The largest absolute Gasteiger partial charge is 0.370 e. The van der Waals surface area contributed by atoms with Gasteiger partial charge in [0, 0.05) is 56.8 Å². The van der Waals surface area contributed by atoms with Crippen molar-refractivity contribution >= 4 is 0 Å². The van der Waals surface area contributed by atoms with Crippen LogP contribution in [0.25, 0.3) is 0 Å². The Hall–Kier alpha value is -1.66. The van der Waals surface area contributed by atoms with Crippen LogP contribution in [-0.4, -0.2) is 32.5 Å². The Balaban J connectivity index is 1.40. The fourth-order valence-electron chi connectivity index (χ4n) is 3.92. The number of aromatic nitrogens is 4. The van der Waals surface area contributed by atoms with E-state index in [1.165, 1.54) is 18.5 Å². The Kier molecular flexibility index (Phi) is 4.41. The van der Waals surface area contributed by atoms with Gasteiger partial charge in [0.1, 0.15) is 11.9 Å². The molecule has 0 spiro atoms. The predicted octanol–water partition coefficient (Wildman–Crippen LogP) is 2.38. The minimum absolute atomic E-state index is 0.0884. The van der Waals surface area contributed by atoms with Crippen molar-refractivity contribution in [3.8, 4) is 0 Å². The van der Waals surface area contributed by atoms with Gasteiger partial charge in [-0.2, -0.15) is 5.10 Å². The number of ether oxygens (including phenoxy) is 1. The van der Waals surface area contributed by atoms with E-state index in [0.29, 0.717) is 5.92 Å². The molecule has 2 aromatic rings. The SMILES string of the molecule is CC(NC[C@@H]1CCCO[C@H]1c1nccn1C)c1cc2n(n1)CCC2. The second kappa shape index (κ2) is 6.69. The molecule has 1 fully saturated rings. The van der Waals surface area contributed by atoms with E-state index in [4.69, 9.17) is 9.84 Å². The van der Waals surface area contributed by atoms with Crippen molar-refractivity contribution in [3.63, 3.8) is 0 Å². The van der Waals surface area contributed by atoms with E-state index in [0.717, 1.165) is 44.1 Å². The van der Waals surface area contributed by atoms with Gasteiger partial charge in [0.05, 0.1) is 5.69 Å². The van der Waals surface area contributed by atoms with Crippen LogP contribution in [0.1, 0.15) is 55.5 Å². The Bertz CT molecular complexity index is 670. The summed E-state index contributed by atoms with van der Waals surface area (Å²) in [7, 11) is 2.04. The molecule has 24 heavy (non-hydrogen) atoms. The molecule has 4 heterocycles. The van der Waals surface area contributed by atoms with E-state index in [1.807, 2.05) is 19.4 Å². The molecular formula is C18H27N5O. The third kappa shape index (κ3) is 3.00. The van der Waals surface area contributed by atoms with Crippen LogP contribution in [0, 0.1) is 5.92 Å². The molecule has 1 N–H and O–H groups in total. The highest BCUT2D eigenvalue weighted by atomic mass is 16.5. The second-order valence-electron chi connectivity index (χ2n) is 7.11. The highest BCUT2D eigenvalue weighted by Gasteiger charge is 2.30. The molecule has 0 aromatic carbocycles. The number of rotatable bonds is 5. The first kappa shape index (κ1) is 15.8. The standard InChI is InChI=1S/C18H27N5O/c1-13(16-11-15-6-3-8-23(15)21-16)20-12-14-5-4-10-24-17(14)18-19-7-9-22(18)2/h7,9,11,13-14,17,20H,3-6,8,10,12H2,1-2H3/t13?,14-,17+/m0/s1. The van der Waals surface area contributed by atoms with Gasteiger partial charge in [-0.15, -0.1) is 0 Å². The second-order valence-corrected chi connectivity index (χ2v) is 7.11. The summed E-state index contributed by atoms with van der Waals surface area (Å²) in [6.07, 6.45) is 8.63. The van der Waals surface area contributed by atoms with Crippen molar-refractivity contribution in [1.29, 1.82) is 0 Å². The van der Waals surface area contributed by atoms with Crippen molar-refractivity contribution in [2.75, 3.05) is 13.2 Å². The quantitative estimate of drug-likeness (QED) is 0.915. The lowest BCUT2D eigenvalue weighted by molar-refractivity contribution is -0.0349. The number of imidazole rings is 1. The van der Waals surface area contributed by atoms with E-state index < -0.39 is 0 Å². The maximum atomic E-state index is 6.06. The monoisotopic (exact) mass is 329 g/mol. The summed E-state index contributed by atoms with van der Waals surface area (Å²) in [5.74, 6) is 1.49. The molecule has 6 nitrogen and oxygen atoms in total. The average Bonchev–Trinajstić information content (AvgIpc) is 3.28. The van der Waals surface area contributed by atoms with Crippen LogP contribution < -0.4 is 5.32 Å². The van der Waals surface area contributed by atoms with Crippen LogP contribution in [0.5, 0.6) is 0 Å². The van der Waals surface area contributed by atoms with Gasteiger partial charge in [-0.3, -0.25) is 4.68 Å². The zero-order valence-electron chi connectivity index (χ0n) is 14.6. The molecule has 0 amide bonds. The van der Waals surface area contributed by atoms with Crippen molar-refractivity contribution in [1.82, 2.24) is 24.6 Å². The van der Waals surface area contributed by atoms with E-state index in [9.17, 15) is 0 Å². The maximum Gasteiger partial charge on any atom is 0.137 e. The fourth-order valence-corrected chi connectivity index (χ4v) is 3.92. The van der Waals surface area contributed by atoms with Gasteiger partial charge in [-0.1, -0.05) is 0 Å². The number of aryl methyl sites for hydroxylation is 3. The number of hydrogen-bond donors (Lipinski definition) is 1. The Morgan fingerprint density at radius 2 is 2.33 bits per heavy atom. The molecule has 1 saturated heterocycles. The molecule has 0 saturated carbocycles. The van der Waals surface area contributed by atoms with Crippen LogP contribution in [0.3, 0.4) is 0 Å². The van der Waals surface area contributed by atoms with Crippen LogP contribution in [0.2, 0.25) is 0 Å². The third-order valence-corrected chi connectivity index (χ3v) is 5.37. The maximum absolute atomic E-state index is 6.06. The average molecular weight is 329 g/mol. The highest BCUT2D eigenvalue weighted by molar-refractivity contribution is 5.16. The zero-order chi connectivity index (χ0) is 16.5. The van der Waals surface area contributed by atoms with Crippen molar-refractivity contribution < 1.29 is 4.74 Å². The van der Waals surface area contributed by atoms with Gasteiger partial charge in [0.25, 0.3) is 0 Å². The third-order valence-electron chi connectivity index (χ3n) is 5.37. The van der Waals surface area contributed by atoms with Gasteiger partial charge in [0.2, 0.25) is 0 Å². The van der Waals surface area contributed by atoms with Gasteiger partial charge < -0.3 is 14.6 Å². The van der Waals surface area contributed by atoms with Crippen LogP contribution in [0.4, 0.5) is 0 Å². The van der Waals surface area contributed by atoms with E-state index in [-0.39, 0.29) is 12.1 Å². The number of fused-ring (bicyclic) bond motifs is 1. The van der Waals surface area contributed by atoms with Gasteiger partial charge in [0.15, 0.2) is 0 Å². The van der Waals surface area contributed by atoms with E-state index in [1.54, 1.807) is 0 Å². The predicted molar refractivity (Wildman–Crippen MR) is 91.6 cm³/mol. The summed E-state index contributed by atoms with van der Waals surface area (Å²) in [5, 5.41) is 8.42. The molecule has 1 unspecified atom stereocenters. The smallest absolute Gasteiger partial charge is 0.137 e. The van der Waals surface area contributed by atoms with E-state index >= 15 is 0 Å².